The van der Waals surface area contributed by atoms with Gasteiger partial charge in [0.1, 0.15) is 0 Å². The van der Waals surface area contributed by atoms with Gasteiger partial charge in [-0.2, -0.15) is 0 Å². The van der Waals surface area contributed by atoms with Crippen LogP contribution in [0.5, 0.6) is 0 Å². The van der Waals surface area contributed by atoms with Crippen LogP contribution in [-0.4, -0.2) is 0 Å². The molecule has 0 fully saturated rings. The molecule has 2 heteroatoms. The van der Waals surface area contributed by atoms with Gasteiger partial charge in [-0.05, 0) is 47.9 Å². The van der Waals surface area contributed by atoms with Crippen LogP contribution < -0.4 is 0 Å². The van der Waals surface area contributed by atoms with Crippen molar-refractivity contribution in [2.45, 2.75) is 13.3 Å². The zero-order chi connectivity index (χ0) is 6.85. The summed E-state index contributed by atoms with van der Waals surface area (Å²) in [5, 5.41) is 0.974. The van der Waals surface area contributed by atoms with Gasteiger partial charge in [0.15, 0.2) is 0 Å². The zero-order valence-corrected chi connectivity index (χ0v) is 8.03. The molecule has 0 saturated carbocycles. The Bertz CT molecular complexity index is 179. The number of halogens is 2. The molecule has 49 valence electrons. The van der Waals surface area contributed by atoms with Gasteiger partial charge in [-0.15, -0.1) is 0 Å². The van der Waals surface area contributed by atoms with Crippen LogP contribution >= 0.6 is 34.2 Å². The SMILES string of the molecule is CC1=C(Cl)C[CH]C=C1I. The van der Waals surface area contributed by atoms with E-state index in [2.05, 4.69) is 35.1 Å². The molecule has 0 bridgehead atoms. The third-order valence-electron chi connectivity index (χ3n) is 1.33. The lowest BCUT2D eigenvalue weighted by Gasteiger charge is -2.08. The van der Waals surface area contributed by atoms with Crippen LogP contribution in [0.2, 0.25) is 0 Å². The molecule has 0 heterocycles. The first-order valence-electron chi connectivity index (χ1n) is 2.76. The molecule has 0 aromatic carbocycles. The molecule has 0 amide bonds. The Balaban J connectivity index is 2.88. The van der Waals surface area contributed by atoms with E-state index in [1.165, 1.54) is 9.15 Å². The van der Waals surface area contributed by atoms with E-state index in [0.29, 0.717) is 0 Å². The normalized spacial score (nSPS) is 20.1. The fraction of sp³-hybridized carbons (Fsp3) is 0.286. The summed E-state index contributed by atoms with van der Waals surface area (Å²) >= 11 is 8.15. The van der Waals surface area contributed by atoms with Gasteiger partial charge in [-0.3, -0.25) is 0 Å². The summed E-state index contributed by atoms with van der Waals surface area (Å²) in [7, 11) is 0. The van der Waals surface area contributed by atoms with Gasteiger partial charge in [-0.1, -0.05) is 17.7 Å². The Morgan fingerprint density at radius 1 is 1.67 bits per heavy atom. The van der Waals surface area contributed by atoms with Crippen LogP contribution in [0.1, 0.15) is 13.3 Å². The molecular weight excluding hydrogens is 246 g/mol. The summed E-state index contributed by atoms with van der Waals surface area (Å²) in [5.41, 5.74) is 1.22. The van der Waals surface area contributed by atoms with Crippen molar-refractivity contribution in [1.82, 2.24) is 0 Å². The second-order valence-electron chi connectivity index (χ2n) is 1.98. The molecule has 0 atom stereocenters. The molecule has 0 unspecified atom stereocenters. The fourth-order valence-corrected chi connectivity index (χ4v) is 1.60. The molecule has 1 aliphatic rings. The van der Waals surface area contributed by atoms with Crippen molar-refractivity contribution in [2.24, 2.45) is 0 Å². The summed E-state index contributed by atoms with van der Waals surface area (Å²) in [6.45, 7) is 2.05. The van der Waals surface area contributed by atoms with Crippen LogP contribution in [0.25, 0.3) is 0 Å². The van der Waals surface area contributed by atoms with Crippen molar-refractivity contribution in [3.8, 4) is 0 Å². The summed E-state index contributed by atoms with van der Waals surface area (Å²) in [4.78, 5) is 0. The minimum atomic E-state index is 0.903. The van der Waals surface area contributed by atoms with Gasteiger partial charge in [0.2, 0.25) is 0 Å². The number of hydrogen-bond donors (Lipinski definition) is 0. The number of rotatable bonds is 0. The summed E-state index contributed by atoms with van der Waals surface area (Å²) in [6, 6.07) is 0. The zero-order valence-electron chi connectivity index (χ0n) is 5.12. The van der Waals surface area contributed by atoms with E-state index >= 15 is 0 Å². The van der Waals surface area contributed by atoms with Gasteiger partial charge in [0.25, 0.3) is 0 Å². The first-order chi connectivity index (χ1) is 4.22. The first-order valence-corrected chi connectivity index (χ1v) is 4.22. The lowest BCUT2D eigenvalue weighted by Crippen LogP contribution is -1.89. The maximum Gasteiger partial charge on any atom is 0.0226 e. The highest BCUT2D eigenvalue weighted by Crippen LogP contribution is 2.30. The van der Waals surface area contributed by atoms with Gasteiger partial charge < -0.3 is 0 Å². The van der Waals surface area contributed by atoms with Crippen molar-refractivity contribution >= 4 is 34.2 Å². The number of hydrogen-bond acceptors (Lipinski definition) is 0. The van der Waals surface area contributed by atoms with E-state index in [4.69, 9.17) is 11.6 Å². The second kappa shape index (κ2) is 3.06. The van der Waals surface area contributed by atoms with Crippen molar-refractivity contribution in [3.05, 3.63) is 26.7 Å². The van der Waals surface area contributed by atoms with E-state index in [-0.39, 0.29) is 0 Å². The first kappa shape index (κ1) is 7.61. The standard InChI is InChI=1S/C7H7ClI/c1-5-6(8)3-2-4-7(5)9/h2,4H,3H2,1H3. The van der Waals surface area contributed by atoms with E-state index in [1.807, 2.05) is 6.92 Å². The molecule has 0 aromatic heterocycles. The van der Waals surface area contributed by atoms with Crippen LogP contribution in [0.15, 0.2) is 20.3 Å². The fourth-order valence-electron chi connectivity index (χ4n) is 0.674. The molecule has 0 N–H and O–H groups in total. The average molecular weight is 253 g/mol. The molecule has 1 aliphatic carbocycles. The Labute approximate surface area is 74.1 Å². The van der Waals surface area contributed by atoms with Gasteiger partial charge in [0.05, 0.1) is 0 Å². The van der Waals surface area contributed by atoms with Crippen molar-refractivity contribution in [2.75, 3.05) is 0 Å². The minimum absolute atomic E-state index is 0.903. The molecule has 0 saturated heterocycles. The van der Waals surface area contributed by atoms with E-state index in [0.717, 1.165) is 11.5 Å². The Morgan fingerprint density at radius 3 is 2.78 bits per heavy atom. The summed E-state index contributed by atoms with van der Waals surface area (Å²) < 4.78 is 1.25. The van der Waals surface area contributed by atoms with E-state index in [1.54, 1.807) is 0 Å². The Hall–Kier alpha value is 0.500. The maximum absolute atomic E-state index is 5.86. The Kier molecular flexibility index (Phi) is 2.59. The van der Waals surface area contributed by atoms with Gasteiger partial charge >= 0.3 is 0 Å². The molecule has 0 nitrogen and oxygen atoms in total. The molecule has 0 spiro atoms. The summed E-state index contributed by atoms with van der Waals surface area (Å²) in [6.07, 6.45) is 5.08. The quantitative estimate of drug-likeness (QED) is 0.580. The molecular formula is C7H7ClI. The highest BCUT2D eigenvalue weighted by atomic mass is 127. The third kappa shape index (κ3) is 1.71. The molecule has 0 aliphatic heterocycles. The van der Waals surface area contributed by atoms with Crippen LogP contribution in [0.3, 0.4) is 0 Å². The highest BCUT2D eigenvalue weighted by Gasteiger charge is 2.06. The minimum Gasteiger partial charge on any atom is -0.0888 e. The molecule has 1 rings (SSSR count). The maximum atomic E-state index is 5.86. The van der Waals surface area contributed by atoms with Crippen LogP contribution in [0.4, 0.5) is 0 Å². The largest absolute Gasteiger partial charge is 0.0888 e. The lowest BCUT2D eigenvalue weighted by molar-refractivity contribution is 1.18. The molecule has 1 radical (unpaired) electrons. The average Bonchev–Trinajstić information content (AvgIpc) is 1.83. The highest BCUT2D eigenvalue weighted by molar-refractivity contribution is 14.1. The van der Waals surface area contributed by atoms with E-state index < -0.39 is 0 Å². The summed E-state index contributed by atoms with van der Waals surface area (Å²) in [5.74, 6) is 0. The molecule has 9 heavy (non-hydrogen) atoms. The third-order valence-corrected chi connectivity index (χ3v) is 2.93. The van der Waals surface area contributed by atoms with Crippen LogP contribution in [0, 0.1) is 6.42 Å². The smallest absolute Gasteiger partial charge is 0.0226 e. The molecule has 0 aromatic rings. The second-order valence-corrected chi connectivity index (χ2v) is 3.60. The van der Waals surface area contributed by atoms with Crippen molar-refractivity contribution in [1.29, 1.82) is 0 Å². The Morgan fingerprint density at radius 2 is 2.33 bits per heavy atom. The van der Waals surface area contributed by atoms with Gasteiger partial charge in [-0.25, -0.2) is 0 Å². The predicted octanol–water partition coefficient (Wildman–Crippen LogP) is 3.43. The van der Waals surface area contributed by atoms with Crippen molar-refractivity contribution < 1.29 is 0 Å². The van der Waals surface area contributed by atoms with E-state index in [9.17, 15) is 0 Å². The van der Waals surface area contributed by atoms with Crippen molar-refractivity contribution in [3.63, 3.8) is 0 Å². The lowest BCUT2D eigenvalue weighted by atomic mass is 10.1. The topological polar surface area (TPSA) is 0 Å². The monoisotopic (exact) mass is 253 g/mol. The van der Waals surface area contributed by atoms with Gasteiger partial charge in [0, 0.05) is 8.61 Å². The predicted molar refractivity (Wildman–Crippen MR) is 49.6 cm³/mol. The number of allylic oxidation sites excluding steroid dienone is 4. The van der Waals surface area contributed by atoms with Crippen LogP contribution in [-0.2, 0) is 0 Å².